The average molecular weight is 379 g/mol. The van der Waals surface area contributed by atoms with Gasteiger partial charge in [0.15, 0.2) is 0 Å². The second-order valence-electron chi connectivity index (χ2n) is 5.66. The van der Waals surface area contributed by atoms with Crippen LogP contribution in [0.5, 0.6) is 5.75 Å². The molecule has 0 aliphatic heterocycles. The van der Waals surface area contributed by atoms with Crippen molar-refractivity contribution in [1.29, 1.82) is 0 Å². The van der Waals surface area contributed by atoms with Crippen LogP contribution in [-0.2, 0) is 17.6 Å². The Kier molecular flexibility index (Phi) is 6.78. The van der Waals surface area contributed by atoms with Crippen molar-refractivity contribution in [2.24, 2.45) is 0 Å². The fourth-order valence-corrected chi connectivity index (χ4v) is 2.84. The van der Waals surface area contributed by atoms with E-state index in [9.17, 15) is 14.3 Å². The van der Waals surface area contributed by atoms with E-state index in [0.29, 0.717) is 23.7 Å². The summed E-state index contributed by atoms with van der Waals surface area (Å²) in [7, 11) is 0. The Hall–Kier alpha value is -1.68. The van der Waals surface area contributed by atoms with Gasteiger partial charge in [-0.05, 0) is 77.0 Å². The Morgan fingerprint density at radius 2 is 1.65 bits per heavy atom. The van der Waals surface area contributed by atoms with E-state index < -0.39 is 0 Å². The molecule has 2 nitrogen and oxygen atoms in total. The highest BCUT2D eigenvalue weighted by molar-refractivity contribution is 9.10. The van der Waals surface area contributed by atoms with Crippen LogP contribution in [0.2, 0.25) is 0 Å². The number of Topliss-reactive ketones (excluding diaryl/α,β-unsaturated/α-hetero) is 1. The Labute approximate surface area is 144 Å². The molecule has 0 spiro atoms. The van der Waals surface area contributed by atoms with Gasteiger partial charge in [0.25, 0.3) is 0 Å². The summed E-state index contributed by atoms with van der Waals surface area (Å²) in [5.74, 6) is 0.238. The monoisotopic (exact) mass is 378 g/mol. The molecule has 0 fully saturated rings. The largest absolute Gasteiger partial charge is 0.508 e. The maximum Gasteiger partial charge on any atom is 0.137 e. The van der Waals surface area contributed by atoms with Crippen molar-refractivity contribution in [3.63, 3.8) is 0 Å². The average Bonchev–Trinajstić information content (AvgIpc) is 2.54. The molecule has 0 aliphatic rings. The molecule has 0 saturated heterocycles. The number of halogens is 2. The van der Waals surface area contributed by atoms with Gasteiger partial charge in [-0.3, -0.25) is 4.79 Å². The number of aryl methyl sites for hydroxylation is 2. The van der Waals surface area contributed by atoms with E-state index in [1.165, 1.54) is 11.6 Å². The summed E-state index contributed by atoms with van der Waals surface area (Å²) >= 11 is 3.16. The molecule has 1 N–H and O–H groups in total. The van der Waals surface area contributed by atoms with E-state index in [2.05, 4.69) is 15.9 Å². The molecule has 2 rings (SSSR count). The summed E-state index contributed by atoms with van der Waals surface area (Å²) in [6, 6.07) is 12.0. The maximum atomic E-state index is 13.1. The summed E-state index contributed by atoms with van der Waals surface area (Å²) in [6.45, 7) is 0. The lowest BCUT2D eigenvalue weighted by molar-refractivity contribution is -0.119. The number of carbonyl (C=O) groups is 1. The van der Waals surface area contributed by atoms with Crippen LogP contribution < -0.4 is 0 Å². The minimum absolute atomic E-state index is 0.246. The van der Waals surface area contributed by atoms with Crippen LogP contribution in [0.15, 0.2) is 46.9 Å². The Morgan fingerprint density at radius 1 is 0.957 bits per heavy atom. The Balaban J connectivity index is 1.65. The van der Waals surface area contributed by atoms with Crippen LogP contribution in [0.3, 0.4) is 0 Å². The molecule has 0 heterocycles. The van der Waals surface area contributed by atoms with Gasteiger partial charge >= 0.3 is 0 Å². The summed E-state index contributed by atoms with van der Waals surface area (Å²) in [4.78, 5) is 11.9. The summed E-state index contributed by atoms with van der Waals surface area (Å²) in [5, 5.41) is 9.22. The topological polar surface area (TPSA) is 37.3 Å². The van der Waals surface area contributed by atoms with Crippen molar-refractivity contribution in [2.75, 3.05) is 0 Å². The molecular formula is C19H20BrFO2. The van der Waals surface area contributed by atoms with E-state index in [1.807, 2.05) is 12.1 Å². The molecule has 0 bridgehead atoms. The predicted octanol–water partition coefficient (Wildman–Crippen LogP) is 5.21. The normalized spacial score (nSPS) is 10.7. The fourth-order valence-electron chi connectivity index (χ4n) is 2.42. The minimum Gasteiger partial charge on any atom is -0.508 e. The second-order valence-corrected chi connectivity index (χ2v) is 6.52. The van der Waals surface area contributed by atoms with Gasteiger partial charge in [-0.1, -0.05) is 18.2 Å². The quantitative estimate of drug-likeness (QED) is 0.640. The number of hydrogen-bond acceptors (Lipinski definition) is 2. The second kappa shape index (κ2) is 8.82. The lowest BCUT2D eigenvalue weighted by Crippen LogP contribution is -2.01. The number of phenols is 1. The van der Waals surface area contributed by atoms with E-state index >= 15 is 0 Å². The van der Waals surface area contributed by atoms with Crippen molar-refractivity contribution in [1.82, 2.24) is 0 Å². The van der Waals surface area contributed by atoms with Gasteiger partial charge in [0.2, 0.25) is 0 Å². The molecule has 2 aromatic carbocycles. The Morgan fingerprint density at radius 3 is 2.35 bits per heavy atom. The third-order valence-electron chi connectivity index (χ3n) is 3.78. The Bertz CT molecular complexity index is 653. The molecule has 0 radical (unpaired) electrons. The van der Waals surface area contributed by atoms with Crippen molar-refractivity contribution in [3.8, 4) is 5.75 Å². The van der Waals surface area contributed by atoms with Crippen LogP contribution >= 0.6 is 15.9 Å². The molecule has 0 saturated carbocycles. The molecule has 0 amide bonds. The highest BCUT2D eigenvalue weighted by Gasteiger charge is 2.05. The predicted molar refractivity (Wildman–Crippen MR) is 93.1 cm³/mol. The molecular weight excluding hydrogens is 359 g/mol. The molecule has 0 unspecified atom stereocenters. The van der Waals surface area contributed by atoms with E-state index in [-0.39, 0.29) is 17.3 Å². The zero-order chi connectivity index (χ0) is 16.7. The van der Waals surface area contributed by atoms with E-state index in [4.69, 9.17) is 0 Å². The molecule has 4 heteroatoms. The minimum atomic E-state index is -0.283. The lowest BCUT2D eigenvalue weighted by Gasteiger charge is -2.04. The first kappa shape index (κ1) is 17.7. The molecule has 23 heavy (non-hydrogen) atoms. The number of ketones is 1. The highest BCUT2D eigenvalue weighted by atomic mass is 79.9. The number of aromatic hydroxyl groups is 1. The summed E-state index contributed by atoms with van der Waals surface area (Å²) in [5.41, 5.74) is 2.14. The first-order valence-electron chi connectivity index (χ1n) is 7.78. The summed E-state index contributed by atoms with van der Waals surface area (Å²) < 4.78 is 13.6. The molecule has 0 aliphatic carbocycles. The van der Waals surface area contributed by atoms with Gasteiger partial charge in [-0.15, -0.1) is 0 Å². The van der Waals surface area contributed by atoms with Gasteiger partial charge in [0, 0.05) is 12.8 Å². The maximum absolute atomic E-state index is 13.1. The van der Waals surface area contributed by atoms with Gasteiger partial charge in [-0.2, -0.15) is 0 Å². The zero-order valence-corrected chi connectivity index (χ0v) is 14.5. The van der Waals surface area contributed by atoms with Gasteiger partial charge in [-0.25, -0.2) is 4.39 Å². The molecule has 0 aromatic heterocycles. The molecule has 0 atom stereocenters. The SMILES string of the molecule is O=C(CCCCc1ccc(O)cc1)CCc1ccc(F)c(Br)c1. The first-order valence-corrected chi connectivity index (χ1v) is 8.57. The number of carbonyl (C=O) groups excluding carboxylic acids is 1. The number of unbranched alkanes of at least 4 members (excludes halogenated alkanes) is 1. The van der Waals surface area contributed by atoms with Crippen LogP contribution in [-0.4, -0.2) is 10.9 Å². The lowest BCUT2D eigenvalue weighted by atomic mass is 10.0. The van der Waals surface area contributed by atoms with Crippen LogP contribution in [0.4, 0.5) is 4.39 Å². The van der Waals surface area contributed by atoms with E-state index in [0.717, 1.165) is 24.8 Å². The fraction of sp³-hybridized carbons (Fsp3) is 0.316. The van der Waals surface area contributed by atoms with Crippen LogP contribution in [0.25, 0.3) is 0 Å². The number of phenolic OH excluding ortho intramolecular Hbond substituents is 1. The van der Waals surface area contributed by atoms with Gasteiger partial charge in [0.1, 0.15) is 17.3 Å². The standard InChI is InChI=1S/C19H20BrFO2/c20-18-13-15(8-12-19(18)21)7-11-16(22)4-2-1-3-14-5-9-17(23)10-6-14/h5-6,8-10,12-13,23H,1-4,7,11H2. The van der Waals surface area contributed by atoms with Crippen LogP contribution in [0.1, 0.15) is 36.8 Å². The molecule has 122 valence electrons. The highest BCUT2D eigenvalue weighted by Crippen LogP contribution is 2.18. The van der Waals surface area contributed by atoms with Crippen molar-refractivity contribution < 1.29 is 14.3 Å². The number of benzene rings is 2. The van der Waals surface area contributed by atoms with Crippen LogP contribution in [0, 0.1) is 5.82 Å². The van der Waals surface area contributed by atoms with E-state index in [1.54, 1.807) is 24.3 Å². The van der Waals surface area contributed by atoms with Gasteiger partial charge < -0.3 is 5.11 Å². The smallest absolute Gasteiger partial charge is 0.137 e. The van der Waals surface area contributed by atoms with Crippen molar-refractivity contribution in [2.45, 2.75) is 38.5 Å². The third kappa shape index (κ3) is 6.14. The third-order valence-corrected chi connectivity index (χ3v) is 4.39. The van der Waals surface area contributed by atoms with Crippen molar-refractivity contribution >= 4 is 21.7 Å². The number of rotatable bonds is 8. The zero-order valence-electron chi connectivity index (χ0n) is 12.9. The van der Waals surface area contributed by atoms with Gasteiger partial charge in [0.05, 0.1) is 4.47 Å². The molecule has 2 aromatic rings. The number of hydrogen-bond donors (Lipinski definition) is 1. The first-order chi connectivity index (χ1) is 11.0. The summed E-state index contributed by atoms with van der Waals surface area (Å²) in [6.07, 6.45) is 4.47. The van der Waals surface area contributed by atoms with Crippen molar-refractivity contribution in [3.05, 3.63) is 63.9 Å².